The molecule has 1 aromatic rings. The summed E-state index contributed by atoms with van der Waals surface area (Å²) in [5, 5.41) is 81.0. The highest BCUT2D eigenvalue weighted by Gasteiger charge is 2.75. The van der Waals surface area contributed by atoms with Crippen LogP contribution in [-0.2, 0) is 14.3 Å². The van der Waals surface area contributed by atoms with E-state index in [-0.39, 0.29) is 23.1 Å². The molecular formula is C29H40O11. The molecule has 0 heterocycles. The molecule has 11 nitrogen and oxygen atoms in total. The summed E-state index contributed by atoms with van der Waals surface area (Å²) in [6, 6.07) is 7.87. The monoisotopic (exact) mass is 564 g/mol. The van der Waals surface area contributed by atoms with Crippen LogP contribution in [0.2, 0.25) is 0 Å². The molecule has 2 fully saturated rings. The highest BCUT2D eigenvalue weighted by atomic mass is 16.6. The second-order valence-corrected chi connectivity index (χ2v) is 12.3. The second-order valence-electron chi connectivity index (χ2n) is 12.3. The van der Waals surface area contributed by atoms with Crippen LogP contribution >= 0.6 is 0 Å². The number of carbonyl (C=O) groups is 2. The Labute approximate surface area is 232 Å². The van der Waals surface area contributed by atoms with Crippen molar-refractivity contribution >= 4 is 11.9 Å². The van der Waals surface area contributed by atoms with Gasteiger partial charge in [-0.15, -0.1) is 0 Å². The standard InChI is InChI=1S/C29H40O11/c1-14-17(31)12-28(26(3,4)37)20(14)21(34)23(35)27(5)18(32)11-19(33)29(38,13-39-15(2)30)22(27)24(28)40-25(36)16-9-7-6-8-10-16/h6-10,17-19,21-24,31-35,37-38H,11-13H2,1-5H3/t17-,18-,19-,21+,22?,23-,24-,27+,28-,29-/m0/s1. The number of esters is 2. The van der Waals surface area contributed by atoms with Gasteiger partial charge in [-0.2, -0.15) is 0 Å². The Balaban J connectivity index is 2.08. The average Bonchev–Trinajstić information content (AvgIpc) is 3.13. The molecule has 40 heavy (non-hydrogen) atoms. The van der Waals surface area contributed by atoms with Gasteiger partial charge in [-0.1, -0.05) is 25.1 Å². The Morgan fingerprint density at radius 1 is 1.05 bits per heavy atom. The van der Waals surface area contributed by atoms with Gasteiger partial charge in [0.15, 0.2) is 0 Å². The molecule has 0 aliphatic heterocycles. The molecule has 222 valence electrons. The predicted molar refractivity (Wildman–Crippen MR) is 140 cm³/mol. The predicted octanol–water partition coefficient (Wildman–Crippen LogP) is -0.172. The van der Waals surface area contributed by atoms with Crippen molar-refractivity contribution in [3.63, 3.8) is 0 Å². The van der Waals surface area contributed by atoms with Gasteiger partial charge in [-0.3, -0.25) is 4.79 Å². The SMILES string of the molecule is CC(=O)OC[C@@]1(O)C2[C@H](OC(=O)c3ccccc3)[C@]3(C(C)(C)O)C[C@H](O)C(C)=C3[C@@H](O)[C@H](O)[C@]2(C)[C@@H](O)C[C@@H]1O. The van der Waals surface area contributed by atoms with E-state index in [9.17, 15) is 45.3 Å². The molecule has 3 aliphatic carbocycles. The topological polar surface area (TPSA) is 194 Å². The fourth-order valence-electron chi connectivity index (χ4n) is 7.50. The molecule has 0 aromatic heterocycles. The summed E-state index contributed by atoms with van der Waals surface area (Å²) in [4.78, 5) is 25.5. The number of ether oxygens (including phenoxy) is 2. The maximum atomic E-state index is 13.6. The highest BCUT2D eigenvalue weighted by Crippen LogP contribution is 2.65. The molecule has 7 N–H and O–H groups in total. The van der Waals surface area contributed by atoms with Crippen molar-refractivity contribution in [1.82, 2.24) is 0 Å². The summed E-state index contributed by atoms with van der Waals surface area (Å²) in [5.41, 5.74) is -7.66. The minimum Gasteiger partial charge on any atom is -0.463 e. The molecule has 0 amide bonds. The van der Waals surface area contributed by atoms with Gasteiger partial charge in [0, 0.05) is 24.7 Å². The Bertz CT molecular complexity index is 1180. The van der Waals surface area contributed by atoms with Crippen molar-refractivity contribution in [2.75, 3.05) is 6.61 Å². The van der Waals surface area contributed by atoms with Gasteiger partial charge in [0.25, 0.3) is 0 Å². The molecular weight excluding hydrogens is 524 g/mol. The lowest BCUT2D eigenvalue weighted by Crippen LogP contribution is -2.73. The number of aliphatic hydroxyl groups excluding tert-OH is 5. The fraction of sp³-hybridized carbons (Fsp3) is 0.655. The molecule has 4 rings (SSSR count). The first-order valence-electron chi connectivity index (χ1n) is 13.4. The van der Waals surface area contributed by atoms with E-state index in [1.54, 1.807) is 18.2 Å². The van der Waals surface area contributed by atoms with Crippen LogP contribution < -0.4 is 0 Å². The van der Waals surface area contributed by atoms with Crippen LogP contribution in [0.3, 0.4) is 0 Å². The number of aliphatic hydroxyl groups is 7. The van der Waals surface area contributed by atoms with Crippen molar-refractivity contribution in [2.45, 2.75) is 95.3 Å². The average molecular weight is 565 g/mol. The zero-order valence-corrected chi connectivity index (χ0v) is 23.3. The number of fused-ring (bicyclic) bond motifs is 2. The van der Waals surface area contributed by atoms with Crippen molar-refractivity contribution in [3.8, 4) is 0 Å². The summed E-state index contributed by atoms with van der Waals surface area (Å²) >= 11 is 0. The third-order valence-corrected chi connectivity index (χ3v) is 9.73. The van der Waals surface area contributed by atoms with E-state index < -0.39 is 89.5 Å². The molecule has 0 spiro atoms. The zero-order chi connectivity index (χ0) is 30.0. The maximum absolute atomic E-state index is 13.6. The lowest BCUT2D eigenvalue weighted by molar-refractivity contribution is -0.286. The molecule has 11 heteroatoms. The van der Waals surface area contributed by atoms with Gasteiger partial charge in [-0.05, 0) is 50.5 Å². The zero-order valence-electron chi connectivity index (χ0n) is 23.3. The Morgan fingerprint density at radius 3 is 2.20 bits per heavy atom. The molecule has 2 saturated carbocycles. The van der Waals surface area contributed by atoms with Crippen LogP contribution in [-0.4, -0.2) is 102 Å². The van der Waals surface area contributed by atoms with E-state index in [4.69, 9.17) is 9.47 Å². The summed E-state index contributed by atoms with van der Waals surface area (Å²) in [7, 11) is 0. The van der Waals surface area contributed by atoms with Crippen molar-refractivity contribution in [1.29, 1.82) is 0 Å². The van der Waals surface area contributed by atoms with Crippen LogP contribution in [0.15, 0.2) is 41.5 Å². The largest absolute Gasteiger partial charge is 0.463 e. The summed E-state index contributed by atoms with van der Waals surface area (Å²) in [6.45, 7) is 5.99. The minimum atomic E-state index is -2.43. The Kier molecular flexibility index (Phi) is 7.77. The molecule has 1 aromatic carbocycles. The van der Waals surface area contributed by atoms with E-state index in [1.807, 2.05) is 0 Å². The normalized spacial score (nSPS) is 41.5. The first-order valence-corrected chi connectivity index (χ1v) is 13.4. The van der Waals surface area contributed by atoms with E-state index in [1.165, 1.54) is 39.8 Å². The van der Waals surface area contributed by atoms with Crippen LogP contribution in [0.4, 0.5) is 0 Å². The maximum Gasteiger partial charge on any atom is 0.338 e. The summed E-state index contributed by atoms with van der Waals surface area (Å²) in [5.74, 6) is -3.30. The number of carbonyl (C=O) groups excluding carboxylic acids is 2. The van der Waals surface area contributed by atoms with Crippen molar-refractivity contribution in [2.24, 2.45) is 16.7 Å². The van der Waals surface area contributed by atoms with E-state index >= 15 is 0 Å². The van der Waals surface area contributed by atoms with E-state index in [2.05, 4.69) is 0 Å². The lowest BCUT2D eigenvalue weighted by atomic mass is 9.51. The lowest BCUT2D eigenvalue weighted by Gasteiger charge is -2.59. The Morgan fingerprint density at radius 2 is 1.65 bits per heavy atom. The minimum absolute atomic E-state index is 0.0120. The second kappa shape index (κ2) is 10.2. The molecule has 0 saturated heterocycles. The van der Waals surface area contributed by atoms with Gasteiger partial charge in [0.1, 0.15) is 24.4 Å². The number of hydrogen-bond acceptors (Lipinski definition) is 11. The van der Waals surface area contributed by atoms with Gasteiger partial charge in [0.05, 0.1) is 41.0 Å². The molecule has 1 unspecified atom stereocenters. The number of benzene rings is 1. The quantitative estimate of drug-likeness (QED) is 0.185. The van der Waals surface area contributed by atoms with Crippen LogP contribution in [0.1, 0.15) is 57.8 Å². The van der Waals surface area contributed by atoms with E-state index in [0.717, 1.165) is 6.92 Å². The first-order chi connectivity index (χ1) is 18.4. The third-order valence-electron chi connectivity index (χ3n) is 9.73. The van der Waals surface area contributed by atoms with Gasteiger partial charge in [0.2, 0.25) is 0 Å². The first kappa shape index (κ1) is 30.6. The molecule has 3 aliphatic rings. The van der Waals surface area contributed by atoms with Crippen LogP contribution in [0.25, 0.3) is 0 Å². The molecule has 0 radical (unpaired) electrons. The van der Waals surface area contributed by atoms with Crippen LogP contribution in [0, 0.1) is 16.7 Å². The van der Waals surface area contributed by atoms with Crippen molar-refractivity contribution in [3.05, 3.63) is 47.0 Å². The van der Waals surface area contributed by atoms with Crippen LogP contribution in [0.5, 0.6) is 0 Å². The van der Waals surface area contributed by atoms with Gasteiger partial charge >= 0.3 is 11.9 Å². The van der Waals surface area contributed by atoms with E-state index in [0.29, 0.717) is 0 Å². The van der Waals surface area contributed by atoms with Gasteiger partial charge in [-0.25, -0.2) is 4.79 Å². The smallest absolute Gasteiger partial charge is 0.338 e. The van der Waals surface area contributed by atoms with Crippen molar-refractivity contribution < 1.29 is 54.8 Å². The number of hydrogen-bond donors (Lipinski definition) is 7. The fourth-order valence-corrected chi connectivity index (χ4v) is 7.50. The highest BCUT2D eigenvalue weighted by molar-refractivity contribution is 5.89. The Hall–Kier alpha value is -2.38. The summed E-state index contributed by atoms with van der Waals surface area (Å²) in [6.07, 6.45) is -10.5. The molecule has 10 atom stereocenters. The summed E-state index contributed by atoms with van der Waals surface area (Å²) < 4.78 is 11.3. The molecule has 0 bridgehead atoms. The third kappa shape index (κ3) is 4.30. The number of rotatable bonds is 5. The van der Waals surface area contributed by atoms with Gasteiger partial charge < -0.3 is 45.2 Å².